The summed E-state index contributed by atoms with van der Waals surface area (Å²) in [6, 6.07) is 0. The molecule has 0 bridgehead atoms. The van der Waals surface area contributed by atoms with Crippen molar-refractivity contribution in [2.45, 2.75) is 27.2 Å². The zero-order chi connectivity index (χ0) is 11.6. The molecule has 2 atom stereocenters. The molecule has 0 amide bonds. The van der Waals surface area contributed by atoms with E-state index in [-0.39, 0.29) is 29.2 Å². The Labute approximate surface area is 89.9 Å². The van der Waals surface area contributed by atoms with Gasteiger partial charge < -0.3 is 9.47 Å². The molecule has 0 radical (unpaired) electrons. The summed E-state index contributed by atoms with van der Waals surface area (Å²) in [7, 11) is 1.39. The molecule has 0 aromatic rings. The van der Waals surface area contributed by atoms with E-state index in [4.69, 9.17) is 4.74 Å². The lowest BCUT2D eigenvalue weighted by atomic mass is 10.1. The first kappa shape index (κ1) is 12.0. The van der Waals surface area contributed by atoms with Crippen LogP contribution >= 0.6 is 0 Å². The van der Waals surface area contributed by atoms with Crippen molar-refractivity contribution in [3.8, 4) is 0 Å². The monoisotopic (exact) mass is 214 g/mol. The molecule has 0 aromatic heterocycles. The van der Waals surface area contributed by atoms with Crippen LogP contribution < -0.4 is 0 Å². The Morgan fingerprint density at radius 3 is 2.33 bits per heavy atom. The van der Waals surface area contributed by atoms with Crippen LogP contribution in [0, 0.1) is 17.3 Å². The van der Waals surface area contributed by atoms with Gasteiger partial charge in [-0.05, 0) is 11.3 Å². The fourth-order valence-corrected chi connectivity index (χ4v) is 2.06. The minimum absolute atomic E-state index is 0.0731. The molecule has 1 fully saturated rings. The van der Waals surface area contributed by atoms with Gasteiger partial charge in [0.25, 0.3) is 0 Å². The lowest BCUT2D eigenvalue weighted by Gasteiger charge is -2.02. The summed E-state index contributed by atoms with van der Waals surface area (Å²) in [5, 5.41) is 0. The molecular weight excluding hydrogens is 196 g/mol. The van der Waals surface area contributed by atoms with E-state index in [2.05, 4.69) is 18.6 Å². The van der Waals surface area contributed by atoms with Crippen LogP contribution in [-0.2, 0) is 19.1 Å². The first-order chi connectivity index (χ1) is 6.89. The van der Waals surface area contributed by atoms with Crippen LogP contribution in [0.15, 0.2) is 0 Å². The van der Waals surface area contributed by atoms with Crippen LogP contribution in [0.3, 0.4) is 0 Å². The van der Waals surface area contributed by atoms with Gasteiger partial charge in [-0.25, -0.2) is 0 Å². The molecule has 0 heterocycles. The number of esters is 2. The number of carbonyl (C=O) groups excluding carboxylic acids is 2. The average molecular weight is 214 g/mol. The fourth-order valence-electron chi connectivity index (χ4n) is 2.06. The zero-order valence-electron chi connectivity index (χ0n) is 9.70. The first-order valence-electron chi connectivity index (χ1n) is 5.09. The molecule has 0 aliphatic heterocycles. The maximum absolute atomic E-state index is 11.1. The van der Waals surface area contributed by atoms with Crippen molar-refractivity contribution in [3.63, 3.8) is 0 Å². The van der Waals surface area contributed by atoms with Crippen LogP contribution in [0.2, 0.25) is 0 Å². The molecule has 1 aliphatic rings. The molecule has 0 aromatic carbocycles. The van der Waals surface area contributed by atoms with Gasteiger partial charge in [-0.15, -0.1) is 0 Å². The molecule has 0 spiro atoms. The highest BCUT2D eigenvalue weighted by atomic mass is 16.5. The largest absolute Gasteiger partial charge is 0.469 e. The molecule has 86 valence electrons. The number of ether oxygens (including phenoxy) is 2. The predicted octanol–water partition coefficient (Wildman–Crippen LogP) is 1.38. The maximum Gasteiger partial charge on any atom is 0.305 e. The maximum atomic E-state index is 11.1. The van der Waals surface area contributed by atoms with Crippen molar-refractivity contribution in [2.75, 3.05) is 13.7 Å². The molecule has 4 nitrogen and oxygen atoms in total. The van der Waals surface area contributed by atoms with E-state index in [0.29, 0.717) is 13.0 Å². The molecule has 0 saturated heterocycles. The van der Waals surface area contributed by atoms with E-state index in [0.717, 1.165) is 0 Å². The second-order valence-electron chi connectivity index (χ2n) is 4.62. The Hall–Kier alpha value is -1.06. The van der Waals surface area contributed by atoms with Gasteiger partial charge >= 0.3 is 11.9 Å². The third kappa shape index (κ3) is 2.70. The third-order valence-corrected chi connectivity index (χ3v) is 3.37. The smallest absolute Gasteiger partial charge is 0.305 e. The molecule has 1 saturated carbocycles. The van der Waals surface area contributed by atoms with Crippen molar-refractivity contribution in [1.82, 2.24) is 0 Å². The van der Waals surface area contributed by atoms with E-state index in [1.807, 2.05) is 0 Å². The Morgan fingerprint density at radius 1 is 1.27 bits per heavy atom. The summed E-state index contributed by atoms with van der Waals surface area (Å²) >= 11 is 0. The van der Waals surface area contributed by atoms with Gasteiger partial charge in [0.1, 0.15) is 0 Å². The van der Waals surface area contributed by atoms with Gasteiger partial charge in [0, 0.05) is 19.3 Å². The second-order valence-corrected chi connectivity index (χ2v) is 4.62. The molecule has 1 aliphatic carbocycles. The van der Waals surface area contributed by atoms with E-state index in [1.165, 1.54) is 14.0 Å². The van der Waals surface area contributed by atoms with Crippen LogP contribution in [-0.4, -0.2) is 25.7 Å². The zero-order valence-corrected chi connectivity index (χ0v) is 9.70. The Kier molecular flexibility index (Phi) is 3.37. The Balaban J connectivity index is 2.41. The quantitative estimate of drug-likeness (QED) is 0.663. The van der Waals surface area contributed by atoms with Gasteiger partial charge in [0.05, 0.1) is 13.7 Å². The van der Waals surface area contributed by atoms with Crippen molar-refractivity contribution in [2.24, 2.45) is 17.3 Å². The van der Waals surface area contributed by atoms with Crippen LogP contribution in [0.1, 0.15) is 27.2 Å². The van der Waals surface area contributed by atoms with E-state index < -0.39 is 0 Å². The van der Waals surface area contributed by atoms with Gasteiger partial charge in [-0.1, -0.05) is 13.8 Å². The topological polar surface area (TPSA) is 52.6 Å². The molecule has 4 heteroatoms. The normalized spacial score (nSPS) is 26.9. The number of methoxy groups -OCH3 is 1. The summed E-state index contributed by atoms with van der Waals surface area (Å²) in [6.45, 7) is 5.96. The highest BCUT2D eigenvalue weighted by Gasteiger charge is 2.58. The summed E-state index contributed by atoms with van der Waals surface area (Å²) in [4.78, 5) is 21.8. The van der Waals surface area contributed by atoms with Crippen molar-refractivity contribution in [1.29, 1.82) is 0 Å². The summed E-state index contributed by atoms with van der Waals surface area (Å²) < 4.78 is 9.58. The number of hydrogen-bond donors (Lipinski definition) is 0. The van der Waals surface area contributed by atoms with Gasteiger partial charge in [-0.3, -0.25) is 9.59 Å². The molecule has 1 rings (SSSR count). The van der Waals surface area contributed by atoms with Crippen molar-refractivity contribution >= 4 is 11.9 Å². The highest BCUT2D eigenvalue weighted by molar-refractivity contribution is 5.70. The third-order valence-electron chi connectivity index (χ3n) is 3.37. The lowest BCUT2D eigenvalue weighted by molar-refractivity contribution is -0.141. The van der Waals surface area contributed by atoms with Crippen LogP contribution in [0.5, 0.6) is 0 Å². The number of hydrogen-bond acceptors (Lipinski definition) is 4. The number of rotatable bonds is 4. The van der Waals surface area contributed by atoms with Gasteiger partial charge in [0.15, 0.2) is 0 Å². The SMILES string of the molecule is COC(=O)CC1C(COC(C)=O)C1(C)C. The minimum atomic E-state index is -0.269. The van der Waals surface area contributed by atoms with Gasteiger partial charge in [0.2, 0.25) is 0 Å². The standard InChI is InChI=1S/C11H18O4/c1-7(12)15-6-9-8(11(9,2)3)5-10(13)14-4/h8-9H,5-6H2,1-4H3. The molecular formula is C11H18O4. The fraction of sp³-hybridized carbons (Fsp3) is 0.818. The van der Waals surface area contributed by atoms with Crippen molar-refractivity contribution < 1.29 is 19.1 Å². The second kappa shape index (κ2) is 4.21. The average Bonchev–Trinajstić information content (AvgIpc) is 2.64. The molecule has 15 heavy (non-hydrogen) atoms. The Morgan fingerprint density at radius 2 is 1.87 bits per heavy atom. The van der Waals surface area contributed by atoms with Gasteiger partial charge in [-0.2, -0.15) is 0 Å². The molecule has 0 N–H and O–H groups in total. The van der Waals surface area contributed by atoms with E-state index in [1.54, 1.807) is 0 Å². The Bertz CT molecular complexity index is 270. The predicted molar refractivity (Wildman–Crippen MR) is 54.0 cm³/mol. The van der Waals surface area contributed by atoms with Crippen LogP contribution in [0.4, 0.5) is 0 Å². The molecule has 2 unspecified atom stereocenters. The summed E-state index contributed by atoms with van der Waals surface area (Å²) in [5.41, 5.74) is 0.0731. The van der Waals surface area contributed by atoms with E-state index >= 15 is 0 Å². The van der Waals surface area contributed by atoms with E-state index in [9.17, 15) is 9.59 Å². The lowest BCUT2D eigenvalue weighted by Crippen LogP contribution is -2.06. The summed E-state index contributed by atoms with van der Waals surface area (Å²) in [6.07, 6.45) is 0.412. The van der Waals surface area contributed by atoms with Crippen molar-refractivity contribution in [3.05, 3.63) is 0 Å². The first-order valence-corrected chi connectivity index (χ1v) is 5.09. The number of carbonyl (C=O) groups is 2. The van der Waals surface area contributed by atoms with Crippen LogP contribution in [0.25, 0.3) is 0 Å². The minimum Gasteiger partial charge on any atom is -0.469 e. The summed E-state index contributed by atoms with van der Waals surface area (Å²) in [5.74, 6) is 0.0812. The highest BCUT2D eigenvalue weighted by Crippen LogP contribution is 2.60.